The maximum absolute atomic E-state index is 14.5. The molecule has 1 aromatic carbocycles. The molecule has 0 spiro atoms. The van der Waals surface area contributed by atoms with Crippen molar-refractivity contribution in [2.24, 2.45) is 11.8 Å². The van der Waals surface area contributed by atoms with Gasteiger partial charge in [0.15, 0.2) is 6.19 Å². The number of pyridine rings is 1. The molecule has 6 rings (SSSR count). The zero-order chi connectivity index (χ0) is 31.7. The largest absolute Gasteiger partial charge is 0.351 e. The average molecular weight is 638 g/mol. The number of carbonyl (C=O) groups is 2. The lowest BCUT2D eigenvalue weighted by Gasteiger charge is -2.48. The number of carbonyl (C=O) groups excluding carboxylic acids is 2. The highest BCUT2D eigenvalue weighted by Gasteiger charge is 2.68. The van der Waals surface area contributed by atoms with E-state index >= 15 is 0 Å². The number of fused-ring (bicyclic) bond motifs is 1. The van der Waals surface area contributed by atoms with Gasteiger partial charge in [-0.2, -0.15) is 5.26 Å². The third-order valence-corrected chi connectivity index (χ3v) is 9.98. The van der Waals surface area contributed by atoms with Crippen LogP contribution in [0.1, 0.15) is 50.6 Å². The van der Waals surface area contributed by atoms with Crippen LogP contribution in [-0.4, -0.2) is 45.7 Å². The number of nitrogens with zero attached hydrogens (tertiary/aromatic N) is 4. The molecule has 16 heteroatoms. The molecule has 2 aliphatic carbocycles. The van der Waals surface area contributed by atoms with Crippen LogP contribution in [0.25, 0.3) is 0 Å². The summed E-state index contributed by atoms with van der Waals surface area (Å²) in [6.07, 6.45) is 2.68. The molecule has 2 saturated carbocycles. The number of hydrogen-bond acceptors (Lipinski definition) is 5. The second-order valence-corrected chi connectivity index (χ2v) is 13.9. The fraction of sp³-hybridized carbons (Fsp3) is 0.481. The van der Waals surface area contributed by atoms with Gasteiger partial charge in [0.1, 0.15) is 22.3 Å². The molecule has 1 aromatic heterocycles. The third-order valence-electron chi connectivity index (χ3n) is 8.81. The normalized spacial score (nSPS) is 27.2. The second-order valence-electron chi connectivity index (χ2n) is 11.5. The van der Waals surface area contributed by atoms with Gasteiger partial charge >= 0.3 is 10.2 Å². The summed E-state index contributed by atoms with van der Waals surface area (Å²) in [4.78, 5) is 31.8. The van der Waals surface area contributed by atoms with Crippen molar-refractivity contribution in [2.75, 3.05) is 11.4 Å². The summed E-state index contributed by atoms with van der Waals surface area (Å²) in [6, 6.07) is -0.343. The van der Waals surface area contributed by atoms with Crippen molar-refractivity contribution in [1.82, 2.24) is 15.2 Å². The quantitative estimate of drug-likeness (QED) is 0.265. The Morgan fingerprint density at radius 3 is 2.28 bits per heavy atom. The van der Waals surface area contributed by atoms with E-state index < -0.39 is 80.7 Å². The topological polar surface area (TPSA) is 89.3 Å². The molecule has 2 aliphatic heterocycles. The van der Waals surface area contributed by atoms with E-state index in [1.807, 2.05) is 6.19 Å². The van der Waals surface area contributed by atoms with Crippen LogP contribution >= 0.6 is 10.2 Å². The van der Waals surface area contributed by atoms with Gasteiger partial charge in [0.25, 0.3) is 5.91 Å². The van der Waals surface area contributed by atoms with Crippen LogP contribution in [0, 0.1) is 29.1 Å². The first kappa shape index (κ1) is 30.8. The third kappa shape index (κ3) is 5.59. The van der Waals surface area contributed by atoms with Crippen molar-refractivity contribution in [3.63, 3.8) is 0 Å². The van der Waals surface area contributed by atoms with Crippen LogP contribution in [0.4, 0.5) is 38.3 Å². The molecule has 4 fully saturated rings. The van der Waals surface area contributed by atoms with Gasteiger partial charge in [0, 0.05) is 42.9 Å². The number of aromatic nitrogens is 1. The molecule has 2 saturated heterocycles. The van der Waals surface area contributed by atoms with E-state index in [1.54, 1.807) is 6.92 Å². The lowest BCUT2D eigenvalue weighted by molar-refractivity contribution is -0.137. The highest BCUT2D eigenvalue weighted by atomic mass is 32.5. The highest BCUT2D eigenvalue weighted by Crippen LogP contribution is 3.02. The Balaban J connectivity index is 1.63. The minimum absolute atomic E-state index is 0.0760. The van der Waals surface area contributed by atoms with E-state index in [1.165, 1.54) is 4.90 Å². The van der Waals surface area contributed by atoms with E-state index in [0.717, 1.165) is 23.4 Å². The molecule has 4 unspecified atom stereocenters. The number of hydrogen-bond donors (Lipinski definition) is 1. The molecule has 2 amide bonds. The van der Waals surface area contributed by atoms with Crippen molar-refractivity contribution in [3.05, 3.63) is 54.1 Å². The standard InChI is InChI=1S/C27H27F8N5O2S/c1-16-18-11-27(16,39(14-18)15-36)25(42)40(21-2-4-22(5-3-21)43(31,32,33,34)35)23(17-10-19(28)13-37-12-17)24(41)38-20-6-8-26(29,30)9-7-20/h2-5,10,12-13,16,18,20,23H,6-9,11,14H2,1H3,(H,38,41). The Bertz CT molecular complexity index is 1490. The van der Waals surface area contributed by atoms with E-state index in [4.69, 9.17) is 0 Å². The van der Waals surface area contributed by atoms with Gasteiger partial charge < -0.3 is 5.32 Å². The second kappa shape index (κ2) is 9.44. The van der Waals surface area contributed by atoms with Crippen molar-refractivity contribution < 1.29 is 42.2 Å². The van der Waals surface area contributed by atoms with Crippen LogP contribution < -0.4 is 10.2 Å². The number of rotatable bonds is 7. The number of benzene rings is 1. The molecule has 2 bridgehead atoms. The van der Waals surface area contributed by atoms with Crippen LogP contribution in [0.15, 0.2) is 47.6 Å². The predicted octanol–water partition coefficient (Wildman–Crippen LogP) is 6.84. The highest BCUT2D eigenvalue weighted by molar-refractivity contribution is 8.45. The van der Waals surface area contributed by atoms with Gasteiger partial charge in [-0.15, -0.1) is 0 Å². The molecule has 0 radical (unpaired) electrons. The smallest absolute Gasteiger partial charge is 0.310 e. The first-order chi connectivity index (χ1) is 19.8. The van der Waals surface area contributed by atoms with Crippen molar-refractivity contribution >= 4 is 27.7 Å². The monoisotopic (exact) mass is 637 g/mol. The van der Waals surface area contributed by atoms with E-state index in [-0.39, 0.29) is 49.4 Å². The van der Waals surface area contributed by atoms with Gasteiger partial charge in [-0.05, 0) is 61.4 Å². The first-order valence-corrected chi connectivity index (χ1v) is 15.3. The number of amides is 2. The van der Waals surface area contributed by atoms with E-state index in [2.05, 4.69) is 10.3 Å². The number of halogens is 8. The van der Waals surface area contributed by atoms with Crippen LogP contribution in [0.3, 0.4) is 0 Å². The zero-order valence-electron chi connectivity index (χ0n) is 22.6. The summed E-state index contributed by atoms with van der Waals surface area (Å²) in [5.41, 5.74) is -2.14. The minimum atomic E-state index is -10.1. The minimum Gasteiger partial charge on any atom is -0.351 e. The van der Waals surface area contributed by atoms with Gasteiger partial charge in [-0.3, -0.25) is 24.4 Å². The molecular weight excluding hydrogens is 610 g/mol. The van der Waals surface area contributed by atoms with Crippen LogP contribution in [0.2, 0.25) is 0 Å². The molecular formula is C27H27F8N5O2S. The Hall–Kier alpha value is -3.61. The van der Waals surface area contributed by atoms with E-state index in [0.29, 0.717) is 12.1 Å². The summed E-state index contributed by atoms with van der Waals surface area (Å²) in [6.45, 7) is 1.90. The van der Waals surface area contributed by atoms with Crippen molar-refractivity contribution in [1.29, 1.82) is 5.26 Å². The van der Waals surface area contributed by atoms with Crippen LogP contribution in [0.5, 0.6) is 0 Å². The first-order valence-electron chi connectivity index (χ1n) is 13.4. The Kier molecular flexibility index (Phi) is 6.77. The average Bonchev–Trinajstić information content (AvgIpc) is 3.45. The number of alkyl halides is 2. The molecule has 2 aromatic rings. The fourth-order valence-corrected chi connectivity index (χ4v) is 7.06. The van der Waals surface area contributed by atoms with Gasteiger partial charge in [0.2, 0.25) is 11.8 Å². The lowest BCUT2D eigenvalue weighted by Crippen LogP contribution is -2.64. The number of nitrogens with one attached hydrogen (secondary N) is 1. The maximum Gasteiger partial charge on any atom is 0.310 e. The molecule has 3 heterocycles. The van der Waals surface area contributed by atoms with Crippen LogP contribution in [-0.2, 0) is 9.59 Å². The van der Waals surface area contributed by atoms with Crippen molar-refractivity contribution in [3.8, 4) is 6.19 Å². The van der Waals surface area contributed by atoms with Crippen molar-refractivity contribution in [2.45, 2.75) is 67.5 Å². The Labute approximate surface area is 241 Å². The number of nitriles is 1. The Morgan fingerprint density at radius 2 is 1.74 bits per heavy atom. The summed E-state index contributed by atoms with van der Waals surface area (Å²) in [5.74, 6) is -6.23. The predicted molar refractivity (Wildman–Crippen MR) is 140 cm³/mol. The SMILES string of the molecule is CC1C2CN(C#N)C1(C(=O)N(c1ccc(S(F)(F)(F)(F)F)cc1)C(C(=O)NC1CCC(F)(F)CC1)c1cncc(F)c1)C2. The van der Waals surface area contributed by atoms with E-state index in [9.17, 15) is 47.5 Å². The molecule has 4 atom stereocenters. The Morgan fingerprint density at radius 1 is 1.12 bits per heavy atom. The number of anilines is 1. The summed E-state index contributed by atoms with van der Waals surface area (Å²) < 4.78 is 110. The summed E-state index contributed by atoms with van der Waals surface area (Å²) in [5, 5.41) is 12.4. The molecule has 43 heavy (non-hydrogen) atoms. The van der Waals surface area contributed by atoms with Gasteiger partial charge in [-0.1, -0.05) is 26.4 Å². The maximum atomic E-state index is 14.5. The molecule has 4 aliphatic rings. The fourth-order valence-electron chi connectivity index (χ4n) is 6.41. The molecule has 7 nitrogen and oxygen atoms in total. The summed E-state index contributed by atoms with van der Waals surface area (Å²) >= 11 is 0. The molecule has 234 valence electrons. The zero-order valence-corrected chi connectivity index (χ0v) is 23.4. The van der Waals surface area contributed by atoms with Gasteiger partial charge in [-0.25, -0.2) is 13.2 Å². The van der Waals surface area contributed by atoms with Gasteiger partial charge in [0.05, 0.1) is 6.20 Å². The molecule has 1 N–H and O–H groups in total. The lowest BCUT2D eigenvalue weighted by atomic mass is 9.63. The summed E-state index contributed by atoms with van der Waals surface area (Å²) in [7, 11) is -10.1.